The lowest BCUT2D eigenvalue weighted by Gasteiger charge is -2.01. The van der Waals surface area contributed by atoms with Gasteiger partial charge in [-0.2, -0.15) is 0 Å². The quantitative estimate of drug-likeness (QED) is 0.693. The van der Waals surface area contributed by atoms with E-state index < -0.39 is 6.29 Å². The average molecular weight is 170 g/mol. The molecule has 3 heteroatoms. The van der Waals surface area contributed by atoms with Gasteiger partial charge in [-0.1, -0.05) is 6.07 Å². The van der Waals surface area contributed by atoms with E-state index in [0.29, 0.717) is 12.5 Å². The molecule has 1 saturated heterocycles. The van der Waals surface area contributed by atoms with E-state index in [1.165, 1.54) is 4.88 Å². The van der Waals surface area contributed by atoms with Crippen LogP contribution in [0.2, 0.25) is 0 Å². The van der Waals surface area contributed by atoms with Gasteiger partial charge >= 0.3 is 0 Å². The third-order valence-corrected chi connectivity index (χ3v) is 2.96. The molecule has 0 amide bonds. The van der Waals surface area contributed by atoms with Gasteiger partial charge in [-0.25, -0.2) is 0 Å². The molecule has 1 aromatic heterocycles. The molecule has 2 nitrogen and oxygen atoms in total. The van der Waals surface area contributed by atoms with Gasteiger partial charge in [0.05, 0.1) is 6.61 Å². The lowest BCUT2D eigenvalue weighted by Crippen LogP contribution is -2.00. The number of ether oxygens (including phenoxy) is 1. The van der Waals surface area contributed by atoms with Crippen molar-refractivity contribution in [3.05, 3.63) is 22.4 Å². The maximum atomic E-state index is 9.08. The molecular weight excluding hydrogens is 160 g/mol. The zero-order chi connectivity index (χ0) is 7.68. The summed E-state index contributed by atoms with van der Waals surface area (Å²) >= 11 is 1.73. The van der Waals surface area contributed by atoms with Crippen LogP contribution < -0.4 is 0 Å². The second kappa shape index (κ2) is 2.93. The highest BCUT2D eigenvalue weighted by Gasteiger charge is 2.25. The second-order valence-electron chi connectivity index (χ2n) is 2.74. The Bertz CT molecular complexity index is 220. The maximum Gasteiger partial charge on any atom is 0.155 e. The van der Waals surface area contributed by atoms with Crippen molar-refractivity contribution >= 4 is 11.3 Å². The zero-order valence-corrected chi connectivity index (χ0v) is 6.88. The summed E-state index contributed by atoms with van der Waals surface area (Å²) in [6.45, 7) is 0.668. The number of aliphatic hydroxyl groups is 1. The first-order valence-electron chi connectivity index (χ1n) is 3.69. The number of thiophene rings is 1. The zero-order valence-electron chi connectivity index (χ0n) is 6.06. The second-order valence-corrected chi connectivity index (χ2v) is 3.72. The van der Waals surface area contributed by atoms with Gasteiger partial charge in [0.15, 0.2) is 6.29 Å². The average Bonchev–Trinajstić information content (AvgIpc) is 2.55. The van der Waals surface area contributed by atoms with Crippen LogP contribution in [0, 0.1) is 0 Å². The fraction of sp³-hybridized carbons (Fsp3) is 0.500. The molecule has 0 bridgehead atoms. The smallest absolute Gasteiger partial charge is 0.155 e. The summed E-state index contributed by atoms with van der Waals surface area (Å²) in [4.78, 5) is 1.32. The Hall–Kier alpha value is -0.380. The molecule has 0 aromatic carbocycles. The van der Waals surface area contributed by atoms with Crippen LogP contribution in [0.3, 0.4) is 0 Å². The van der Waals surface area contributed by atoms with Crippen molar-refractivity contribution in [2.24, 2.45) is 0 Å². The van der Waals surface area contributed by atoms with Gasteiger partial charge in [-0.15, -0.1) is 11.3 Å². The first kappa shape index (κ1) is 7.28. The molecule has 1 fully saturated rings. The standard InChI is InChI=1S/C8H10O2S/c9-8-4-6(5-10-8)7-2-1-3-11-7/h1-3,6,8-9H,4-5H2. The largest absolute Gasteiger partial charge is 0.368 e. The van der Waals surface area contributed by atoms with Crippen molar-refractivity contribution < 1.29 is 9.84 Å². The van der Waals surface area contributed by atoms with Crippen LogP contribution in [0.4, 0.5) is 0 Å². The number of hydrogen-bond donors (Lipinski definition) is 1. The first-order chi connectivity index (χ1) is 5.36. The molecule has 2 heterocycles. The Morgan fingerprint density at radius 2 is 2.55 bits per heavy atom. The van der Waals surface area contributed by atoms with Gasteiger partial charge in [0, 0.05) is 17.2 Å². The van der Waals surface area contributed by atoms with Crippen molar-refractivity contribution in [1.29, 1.82) is 0 Å². The molecule has 1 aliphatic heterocycles. The minimum atomic E-state index is -0.540. The Morgan fingerprint density at radius 3 is 3.09 bits per heavy atom. The molecule has 0 radical (unpaired) electrons. The van der Waals surface area contributed by atoms with Gasteiger partial charge in [0.2, 0.25) is 0 Å². The number of rotatable bonds is 1. The molecule has 0 saturated carbocycles. The summed E-state index contributed by atoms with van der Waals surface area (Å²) in [5, 5.41) is 11.1. The Morgan fingerprint density at radius 1 is 1.64 bits per heavy atom. The molecule has 1 aromatic rings. The Labute approximate surface area is 69.4 Å². The first-order valence-corrected chi connectivity index (χ1v) is 4.57. The monoisotopic (exact) mass is 170 g/mol. The van der Waals surface area contributed by atoms with E-state index in [4.69, 9.17) is 9.84 Å². The van der Waals surface area contributed by atoms with Crippen LogP contribution in [0.15, 0.2) is 17.5 Å². The topological polar surface area (TPSA) is 29.5 Å². The lowest BCUT2D eigenvalue weighted by molar-refractivity contribution is -0.0589. The van der Waals surface area contributed by atoms with Gasteiger partial charge < -0.3 is 9.84 Å². The van der Waals surface area contributed by atoms with Crippen molar-refractivity contribution in [1.82, 2.24) is 0 Å². The summed E-state index contributed by atoms with van der Waals surface area (Å²) in [5.74, 6) is 0.421. The van der Waals surface area contributed by atoms with Crippen molar-refractivity contribution in [3.8, 4) is 0 Å². The van der Waals surface area contributed by atoms with Gasteiger partial charge in [-0.3, -0.25) is 0 Å². The highest BCUT2D eigenvalue weighted by atomic mass is 32.1. The predicted molar refractivity (Wildman–Crippen MR) is 43.6 cm³/mol. The molecule has 60 valence electrons. The molecule has 1 N–H and O–H groups in total. The van der Waals surface area contributed by atoms with E-state index in [2.05, 4.69) is 11.4 Å². The summed E-state index contributed by atoms with van der Waals surface area (Å²) in [5.41, 5.74) is 0. The van der Waals surface area contributed by atoms with E-state index in [1.807, 2.05) is 6.07 Å². The van der Waals surface area contributed by atoms with E-state index >= 15 is 0 Å². The Balaban J connectivity index is 2.08. The normalized spacial score (nSPS) is 31.0. The molecule has 0 spiro atoms. The van der Waals surface area contributed by atoms with Crippen LogP contribution in [-0.4, -0.2) is 18.0 Å². The van der Waals surface area contributed by atoms with E-state index in [0.717, 1.165) is 6.42 Å². The number of hydrogen-bond acceptors (Lipinski definition) is 3. The Kier molecular flexibility index (Phi) is 1.94. The van der Waals surface area contributed by atoms with Crippen LogP contribution in [0.5, 0.6) is 0 Å². The van der Waals surface area contributed by atoms with Crippen LogP contribution >= 0.6 is 11.3 Å². The molecular formula is C8H10O2S. The summed E-state index contributed by atoms with van der Waals surface area (Å²) < 4.78 is 5.05. The third kappa shape index (κ3) is 1.45. The minimum absolute atomic E-state index is 0.421. The van der Waals surface area contributed by atoms with Gasteiger partial charge in [0.25, 0.3) is 0 Å². The molecule has 2 unspecified atom stereocenters. The summed E-state index contributed by atoms with van der Waals surface area (Å²) in [7, 11) is 0. The maximum absolute atomic E-state index is 9.08. The van der Waals surface area contributed by atoms with Crippen molar-refractivity contribution in [3.63, 3.8) is 0 Å². The predicted octanol–water partition coefficient (Wildman–Crippen LogP) is 1.57. The minimum Gasteiger partial charge on any atom is -0.368 e. The van der Waals surface area contributed by atoms with E-state index in [-0.39, 0.29) is 0 Å². The summed E-state index contributed by atoms with van der Waals surface area (Å²) in [6.07, 6.45) is 0.211. The van der Waals surface area contributed by atoms with Crippen LogP contribution in [0.1, 0.15) is 17.2 Å². The van der Waals surface area contributed by atoms with Gasteiger partial charge in [0.1, 0.15) is 0 Å². The van der Waals surface area contributed by atoms with Crippen molar-refractivity contribution in [2.45, 2.75) is 18.6 Å². The lowest BCUT2D eigenvalue weighted by atomic mass is 10.1. The molecule has 0 aliphatic carbocycles. The third-order valence-electron chi connectivity index (χ3n) is 1.92. The molecule has 1 aliphatic rings. The highest BCUT2D eigenvalue weighted by Crippen LogP contribution is 2.30. The fourth-order valence-corrected chi connectivity index (χ4v) is 2.16. The van der Waals surface area contributed by atoms with Crippen LogP contribution in [0.25, 0.3) is 0 Å². The van der Waals surface area contributed by atoms with Crippen molar-refractivity contribution in [2.75, 3.05) is 6.61 Å². The highest BCUT2D eigenvalue weighted by molar-refractivity contribution is 7.10. The van der Waals surface area contributed by atoms with Crippen LogP contribution in [-0.2, 0) is 4.74 Å². The molecule has 2 rings (SSSR count). The van der Waals surface area contributed by atoms with Gasteiger partial charge in [-0.05, 0) is 11.4 Å². The van der Waals surface area contributed by atoms with E-state index in [9.17, 15) is 0 Å². The SMILES string of the molecule is OC1CC(c2cccs2)CO1. The fourth-order valence-electron chi connectivity index (χ4n) is 1.33. The molecule has 11 heavy (non-hydrogen) atoms. The summed E-state index contributed by atoms with van der Waals surface area (Å²) in [6, 6.07) is 4.13. The number of aliphatic hydroxyl groups excluding tert-OH is 1. The van der Waals surface area contributed by atoms with E-state index in [1.54, 1.807) is 11.3 Å². The molecule has 2 atom stereocenters.